The van der Waals surface area contributed by atoms with Crippen LogP contribution in [0.5, 0.6) is 5.75 Å². The van der Waals surface area contributed by atoms with Crippen molar-refractivity contribution in [3.63, 3.8) is 0 Å². The summed E-state index contributed by atoms with van der Waals surface area (Å²) in [5.41, 5.74) is 2.31. The number of thiazole rings is 1. The molecule has 0 bridgehead atoms. The fourth-order valence-electron chi connectivity index (χ4n) is 4.03. The van der Waals surface area contributed by atoms with Crippen molar-refractivity contribution in [2.75, 3.05) is 11.9 Å². The van der Waals surface area contributed by atoms with E-state index in [-0.39, 0.29) is 24.1 Å². The summed E-state index contributed by atoms with van der Waals surface area (Å²) < 4.78 is 34.6. The van der Waals surface area contributed by atoms with Crippen LogP contribution in [0.2, 0.25) is 0 Å². The Kier molecular flexibility index (Phi) is 6.04. The number of halogens is 2. The Morgan fingerprint density at radius 1 is 1.12 bits per heavy atom. The lowest BCUT2D eigenvalue weighted by Gasteiger charge is -2.18. The second-order valence-corrected chi connectivity index (χ2v) is 8.93. The number of amides is 1. The number of nitrogens with zero attached hydrogens (tertiary/aromatic N) is 3. The lowest BCUT2D eigenvalue weighted by atomic mass is 9.96. The molecule has 2 aliphatic rings. The molecule has 6 nitrogen and oxygen atoms in total. The molecule has 1 amide bonds. The topological polar surface area (TPSA) is 68.0 Å². The van der Waals surface area contributed by atoms with Crippen molar-refractivity contribution in [1.29, 1.82) is 0 Å². The second kappa shape index (κ2) is 9.27. The van der Waals surface area contributed by atoms with Crippen molar-refractivity contribution >= 4 is 29.1 Å². The third-order valence-corrected chi connectivity index (χ3v) is 6.57. The molecule has 1 saturated carbocycles. The van der Waals surface area contributed by atoms with Crippen LogP contribution in [-0.2, 0) is 4.79 Å². The van der Waals surface area contributed by atoms with E-state index in [1.54, 1.807) is 10.7 Å². The molecule has 9 heteroatoms. The molecule has 5 rings (SSSR count). The molecule has 33 heavy (non-hydrogen) atoms. The second-order valence-electron chi connectivity index (χ2n) is 8.09. The monoisotopic (exact) mass is 468 g/mol. The van der Waals surface area contributed by atoms with Gasteiger partial charge in [-0.2, -0.15) is 5.10 Å². The first-order valence-electron chi connectivity index (χ1n) is 10.9. The van der Waals surface area contributed by atoms with Crippen LogP contribution in [0.3, 0.4) is 0 Å². The van der Waals surface area contributed by atoms with Crippen molar-refractivity contribution in [2.45, 2.75) is 38.1 Å². The third kappa shape index (κ3) is 4.73. The predicted molar refractivity (Wildman–Crippen MR) is 124 cm³/mol. The van der Waals surface area contributed by atoms with E-state index >= 15 is 0 Å². The highest BCUT2D eigenvalue weighted by atomic mass is 32.1. The van der Waals surface area contributed by atoms with E-state index in [2.05, 4.69) is 10.4 Å². The van der Waals surface area contributed by atoms with Gasteiger partial charge in [-0.3, -0.25) is 9.79 Å². The number of hydrogen-bond donors (Lipinski definition) is 1. The van der Waals surface area contributed by atoms with Crippen molar-refractivity contribution in [1.82, 2.24) is 4.68 Å². The Balaban J connectivity index is 1.58. The van der Waals surface area contributed by atoms with Gasteiger partial charge in [-0.05, 0) is 43.2 Å². The first-order chi connectivity index (χ1) is 16.1. The quantitative estimate of drug-likeness (QED) is 0.551. The SMILES string of the molecule is O=C1COc2ccc(-c3csc(=NC4CCCCC4)n3N=Cc3ccc(F)cc3F)cc2N1. The van der Waals surface area contributed by atoms with Gasteiger partial charge in [-0.15, -0.1) is 11.3 Å². The molecule has 1 aromatic heterocycles. The summed E-state index contributed by atoms with van der Waals surface area (Å²) in [6.45, 7) is -0.0112. The number of fused-ring (bicyclic) bond motifs is 1. The maximum absolute atomic E-state index is 14.2. The molecular weight excluding hydrogens is 446 g/mol. The maximum atomic E-state index is 14.2. The van der Waals surface area contributed by atoms with Gasteiger partial charge in [0.15, 0.2) is 6.61 Å². The van der Waals surface area contributed by atoms with Crippen molar-refractivity contribution in [3.05, 3.63) is 63.8 Å². The number of anilines is 1. The van der Waals surface area contributed by atoms with Crippen LogP contribution < -0.4 is 14.9 Å². The van der Waals surface area contributed by atoms with Crippen LogP contribution in [0.4, 0.5) is 14.5 Å². The predicted octanol–water partition coefficient (Wildman–Crippen LogP) is 4.94. The minimum absolute atomic E-state index is 0.0112. The normalized spacial score (nSPS) is 17.2. The average Bonchev–Trinajstić information content (AvgIpc) is 3.21. The van der Waals surface area contributed by atoms with Crippen LogP contribution in [-0.4, -0.2) is 29.4 Å². The number of aromatic nitrogens is 1. The molecule has 3 aromatic rings. The molecule has 1 aliphatic carbocycles. The van der Waals surface area contributed by atoms with E-state index < -0.39 is 11.6 Å². The Labute approximate surface area is 193 Å². The fraction of sp³-hybridized carbons (Fsp3) is 0.292. The zero-order chi connectivity index (χ0) is 22.8. The molecule has 2 aromatic carbocycles. The van der Waals surface area contributed by atoms with Gasteiger partial charge in [-0.1, -0.05) is 19.3 Å². The van der Waals surface area contributed by atoms with Gasteiger partial charge in [0.1, 0.15) is 17.4 Å². The highest BCUT2D eigenvalue weighted by molar-refractivity contribution is 7.07. The van der Waals surface area contributed by atoms with Crippen LogP contribution >= 0.6 is 11.3 Å². The van der Waals surface area contributed by atoms with Gasteiger partial charge < -0.3 is 10.1 Å². The summed E-state index contributed by atoms with van der Waals surface area (Å²) in [4.78, 5) is 17.4. The van der Waals surface area contributed by atoms with Crippen molar-refractivity contribution < 1.29 is 18.3 Å². The Morgan fingerprint density at radius 3 is 2.79 bits per heavy atom. The number of ether oxygens (including phenoxy) is 1. The third-order valence-electron chi connectivity index (χ3n) is 5.74. The zero-order valence-electron chi connectivity index (χ0n) is 17.8. The lowest BCUT2D eigenvalue weighted by molar-refractivity contribution is -0.118. The van der Waals surface area contributed by atoms with Crippen LogP contribution in [0.25, 0.3) is 11.3 Å². The minimum atomic E-state index is -0.685. The zero-order valence-corrected chi connectivity index (χ0v) is 18.6. The Hall–Kier alpha value is -3.33. The largest absolute Gasteiger partial charge is 0.482 e. The van der Waals surface area contributed by atoms with Crippen LogP contribution in [0.15, 0.2) is 51.9 Å². The number of hydrogen-bond acceptors (Lipinski definition) is 5. The van der Waals surface area contributed by atoms with E-state index in [4.69, 9.17) is 9.73 Å². The van der Waals surface area contributed by atoms with E-state index in [1.165, 1.54) is 36.1 Å². The van der Waals surface area contributed by atoms with Gasteiger partial charge >= 0.3 is 0 Å². The molecule has 0 saturated heterocycles. The van der Waals surface area contributed by atoms with E-state index in [9.17, 15) is 13.6 Å². The number of nitrogens with one attached hydrogen (secondary N) is 1. The molecule has 170 valence electrons. The first kappa shape index (κ1) is 21.5. The molecule has 1 N–H and O–H groups in total. The summed E-state index contributed by atoms with van der Waals surface area (Å²) in [5, 5.41) is 9.28. The van der Waals surface area contributed by atoms with Crippen molar-refractivity contribution in [3.8, 4) is 17.0 Å². The molecule has 0 unspecified atom stereocenters. The number of rotatable bonds is 4. The fourth-order valence-corrected chi connectivity index (χ4v) is 4.94. The molecule has 0 atom stereocenters. The summed E-state index contributed by atoms with van der Waals surface area (Å²) in [5.74, 6) is -0.935. The van der Waals surface area contributed by atoms with Gasteiger partial charge in [0.2, 0.25) is 4.80 Å². The summed E-state index contributed by atoms with van der Waals surface area (Å²) in [7, 11) is 0. The summed E-state index contributed by atoms with van der Waals surface area (Å²) in [6, 6.07) is 9.11. The summed E-state index contributed by atoms with van der Waals surface area (Å²) >= 11 is 1.45. The van der Waals surface area contributed by atoms with Crippen molar-refractivity contribution in [2.24, 2.45) is 10.1 Å². The number of benzene rings is 2. The van der Waals surface area contributed by atoms with Gasteiger partial charge in [0.25, 0.3) is 5.91 Å². The van der Waals surface area contributed by atoms with Gasteiger partial charge in [0, 0.05) is 22.6 Å². The Morgan fingerprint density at radius 2 is 1.97 bits per heavy atom. The minimum Gasteiger partial charge on any atom is -0.482 e. The number of carbonyl (C=O) groups excluding carboxylic acids is 1. The molecular formula is C24H22F2N4O2S. The Bertz CT molecular complexity index is 1290. The van der Waals surface area contributed by atoms with Gasteiger partial charge in [0.05, 0.1) is 23.6 Å². The molecule has 2 heterocycles. The van der Waals surface area contributed by atoms with E-state index in [1.807, 2.05) is 17.5 Å². The average molecular weight is 469 g/mol. The van der Waals surface area contributed by atoms with E-state index in [0.717, 1.165) is 43.0 Å². The standard InChI is InChI=1S/C24H22F2N4O2S/c25-17-8-6-16(19(26)11-17)12-27-30-21(14-33-24(30)28-18-4-2-1-3-5-18)15-7-9-22-20(10-15)29-23(31)13-32-22/h6-12,14,18H,1-5,13H2,(H,29,31). The van der Waals surface area contributed by atoms with Crippen LogP contribution in [0, 0.1) is 11.6 Å². The highest BCUT2D eigenvalue weighted by Gasteiger charge is 2.18. The molecule has 0 radical (unpaired) electrons. The highest BCUT2D eigenvalue weighted by Crippen LogP contribution is 2.33. The molecule has 0 spiro atoms. The molecule has 1 aliphatic heterocycles. The first-order valence-corrected chi connectivity index (χ1v) is 11.8. The smallest absolute Gasteiger partial charge is 0.262 e. The van der Waals surface area contributed by atoms with Crippen LogP contribution in [0.1, 0.15) is 37.7 Å². The maximum Gasteiger partial charge on any atom is 0.262 e. The molecule has 1 fully saturated rings. The lowest BCUT2D eigenvalue weighted by Crippen LogP contribution is -2.25. The summed E-state index contributed by atoms with van der Waals surface area (Å²) in [6.07, 6.45) is 6.97. The van der Waals surface area contributed by atoms with Gasteiger partial charge in [-0.25, -0.2) is 13.5 Å². The van der Waals surface area contributed by atoms with E-state index in [0.29, 0.717) is 16.2 Å². The number of carbonyl (C=O) groups is 1.